The summed E-state index contributed by atoms with van der Waals surface area (Å²) >= 11 is 0. The summed E-state index contributed by atoms with van der Waals surface area (Å²) in [5, 5.41) is 8.82. The first-order valence-electron chi connectivity index (χ1n) is 6.98. The number of rotatable bonds is 6. The van der Waals surface area contributed by atoms with Gasteiger partial charge in [-0.15, -0.1) is 0 Å². The number of amides is 3. The van der Waals surface area contributed by atoms with Crippen molar-refractivity contribution in [3.8, 4) is 0 Å². The maximum absolute atomic E-state index is 12.3. The normalized spacial score (nSPS) is 16.0. The predicted molar refractivity (Wildman–Crippen MR) is 76.7 cm³/mol. The van der Waals surface area contributed by atoms with Gasteiger partial charge in [0.15, 0.2) is 0 Å². The van der Waals surface area contributed by atoms with E-state index in [0.29, 0.717) is 19.0 Å². The lowest BCUT2D eigenvalue weighted by molar-refractivity contribution is -0.138. The van der Waals surface area contributed by atoms with Gasteiger partial charge < -0.3 is 25.5 Å². The van der Waals surface area contributed by atoms with Gasteiger partial charge in [-0.3, -0.25) is 9.59 Å². The predicted octanol–water partition coefficient (Wildman–Crippen LogP) is -0.748. The smallest absolute Gasteiger partial charge is 0.323 e. The summed E-state index contributed by atoms with van der Waals surface area (Å²) in [5.41, 5.74) is 5.06. The van der Waals surface area contributed by atoms with Crippen LogP contribution in [0.5, 0.6) is 0 Å². The zero-order valence-corrected chi connectivity index (χ0v) is 12.6. The first kappa shape index (κ1) is 17.2. The Morgan fingerprint density at radius 2 is 1.76 bits per heavy atom. The van der Waals surface area contributed by atoms with Crippen LogP contribution in [0.2, 0.25) is 0 Å². The van der Waals surface area contributed by atoms with E-state index < -0.39 is 24.5 Å². The summed E-state index contributed by atoms with van der Waals surface area (Å²) in [5.74, 6) is -1.34. The van der Waals surface area contributed by atoms with Crippen molar-refractivity contribution >= 4 is 17.9 Å². The van der Waals surface area contributed by atoms with Crippen LogP contribution in [0.25, 0.3) is 0 Å². The minimum absolute atomic E-state index is 0.372. The average molecular weight is 300 g/mol. The molecule has 3 N–H and O–H groups in total. The fourth-order valence-corrected chi connectivity index (χ4v) is 2.57. The Morgan fingerprint density at radius 1 is 1.19 bits per heavy atom. The number of hydrogen-bond acceptors (Lipinski definition) is 4. The zero-order chi connectivity index (χ0) is 16.0. The van der Waals surface area contributed by atoms with Crippen molar-refractivity contribution in [2.45, 2.75) is 12.8 Å². The molecule has 1 aliphatic heterocycles. The van der Waals surface area contributed by atoms with Crippen molar-refractivity contribution in [2.24, 2.45) is 11.7 Å². The number of aliphatic carboxylic acids is 1. The van der Waals surface area contributed by atoms with Gasteiger partial charge in [-0.1, -0.05) is 0 Å². The van der Waals surface area contributed by atoms with E-state index >= 15 is 0 Å². The van der Waals surface area contributed by atoms with Crippen molar-refractivity contribution in [2.75, 3.05) is 46.8 Å². The molecular weight excluding hydrogens is 276 g/mol. The second-order valence-corrected chi connectivity index (χ2v) is 5.69. The number of carbonyl (C=O) groups is 3. The number of nitrogens with two attached hydrogens (primary N) is 1. The maximum atomic E-state index is 12.3. The Labute approximate surface area is 124 Å². The lowest BCUT2D eigenvalue weighted by Gasteiger charge is -2.35. The largest absolute Gasteiger partial charge is 0.480 e. The highest BCUT2D eigenvalue weighted by Crippen LogP contribution is 2.18. The van der Waals surface area contributed by atoms with Gasteiger partial charge >= 0.3 is 12.0 Å². The van der Waals surface area contributed by atoms with Crippen molar-refractivity contribution in [1.82, 2.24) is 14.7 Å². The van der Waals surface area contributed by atoms with E-state index in [-0.39, 0.29) is 6.54 Å². The van der Waals surface area contributed by atoms with Crippen LogP contribution in [0.15, 0.2) is 0 Å². The molecule has 0 aliphatic carbocycles. The third-order valence-corrected chi connectivity index (χ3v) is 3.45. The first-order chi connectivity index (χ1) is 9.79. The summed E-state index contributed by atoms with van der Waals surface area (Å²) in [4.78, 5) is 38.7. The third-order valence-electron chi connectivity index (χ3n) is 3.45. The van der Waals surface area contributed by atoms with Gasteiger partial charge in [-0.25, -0.2) is 4.79 Å². The van der Waals surface area contributed by atoms with Crippen LogP contribution in [0.4, 0.5) is 4.79 Å². The monoisotopic (exact) mass is 300 g/mol. The summed E-state index contributed by atoms with van der Waals surface area (Å²) in [6, 6.07) is -0.431. The molecule has 0 aromatic rings. The Balaban J connectivity index is 2.56. The molecule has 0 aromatic carbocycles. The highest BCUT2D eigenvalue weighted by atomic mass is 16.4. The summed E-state index contributed by atoms with van der Waals surface area (Å²) in [6.45, 7) is 1.24. The molecule has 1 aliphatic rings. The lowest BCUT2D eigenvalue weighted by Crippen LogP contribution is -2.51. The second kappa shape index (κ2) is 7.82. The van der Waals surface area contributed by atoms with Crippen LogP contribution in [0.1, 0.15) is 12.8 Å². The number of hydrogen-bond donors (Lipinski definition) is 2. The van der Waals surface area contributed by atoms with Gasteiger partial charge in [0.25, 0.3) is 0 Å². The van der Waals surface area contributed by atoms with Gasteiger partial charge in [-0.2, -0.15) is 0 Å². The lowest BCUT2D eigenvalue weighted by atomic mass is 9.96. The van der Waals surface area contributed by atoms with Crippen LogP contribution in [-0.4, -0.2) is 84.5 Å². The van der Waals surface area contributed by atoms with Crippen molar-refractivity contribution in [3.63, 3.8) is 0 Å². The Kier molecular flexibility index (Phi) is 6.41. The quantitative estimate of drug-likeness (QED) is 0.671. The molecule has 0 atom stereocenters. The van der Waals surface area contributed by atoms with Crippen molar-refractivity contribution in [1.29, 1.82) is 0 Å². The topological polar surface area (TPSA) is 107 Å². The Morgan fingerprint density at radius 3 is 2.19 bits per heavy atom. The molecule has 1 rings (SSSR count). The number of likely N-dealkylation sites (tertiary alicyclic amines) is 1. The Bertz CT molecular complexity index is 376. The molecule has 0 unspecified atom stereocenters. The molecule has 0 bridgehead atoms. The molecule has 3 amide bonds. The van der Waals surface area contributed by atoms with Crippen LogP contribution in [-0.2, 0) is 9.59 Å². The van der Waals surface area contributed by atoms with Crippen molar-refractivity contribution < 1.29 is 19.5 Å². The molecule has 0 spiro atoms. The van der Waals surface area contributed by atoms with E-state index in [1.54, 1.807) is 4.90 Å². The molecular formula is C13H24N4O4. The van der Waals surface area contributed by atoms with Crippen LogP contribution in [0.3, 0.4) is 0 Å². The first-order valence-corrected chi connectivity index (χ1v) is 6.98. The van der Waals surface area contributed by atoms with Crippen LogP contribution < -0.4 is 5.73 Å². The molecule has 8 heteroatoms. The number of carbonyl (C=O) groups excluding carboxylic acids is 2. The van der Waals surface area contributed by atoms with Crippen molar-refractivity contribution in [3.05, 3.63) is 0 Å². The Hall–Kier alpha value is -1.83. The highest BCUT2D eigenvalue weighted by molar-refractivity contribution is 5.86. The molecule has 1 saturated heterocycles. The molecule has 21 heavy (non-hydrogen) atoms. The maximum Gasteiger partial charge on any atom is 0.323 e. The number of piperidine rings is 1. The number of carboxylic acids is 1. The summed E-state index contributed by atoms with van der Waals surface area (Å²) < 4.78 is 0. The highest BCUT2D eigenvalue weighted by Gasteiger charge is 2.28. The van der Waals surface area contributed by atoms with Gasteiger partial charge in [0, 0.05) is 19.6 Å². The molecule has 1 heterocycles. The number of carboxylic acid groups (broad SMARTS) is 1. The zero-order valence-electron chi connectivity index (χ0n) is 12.6. The van der Waals surface area contributed by atoms with E-state index in [9.17, 15) is 14.4 Å². The molecule has 120 valence electrons. The van der Waals surface area contributed by atoms with Crippen LogP contribution >= 0.6 is 0 Å². The van der Waals surface area contributed by atoms with Crippen LogP contribution in [0, 0.1) is 5.92 Å². The molecule has 8 nitrogen and oxygen atoms in total. The number of primary amides is 1. The standard InChI is InChI=1S/C13H24N4O4/c1-15(2)7-10-3-5-16(6-4-10)13(21)17(8-11(14)18)9-12(19)20/h10H,3-9H2,1-2H3,(H2,14,18)(H,19,20). The fraction of sp³-hybridized carbons (Fsp3) is 0.769. The van der Waals surface area contributed by atoms with Gasteiger partial charge in [0.1, 0.15) is 13.1 Å². The molecule has 0 saturated carbocycles. The fourth-order valence-electron chi connectivity index (χ4n) is 2.57. The summed E-state index contributed by atoms with van der Waals surface area (Å²) in [6.07, 6.45) is 1.75. The van der Waals surface area contributed by atoms with E-state index in [1.807, 2.05) is 14.1 Å². The minimum Gasteiger partial charge on any atom is -0.480 e. The second-order valence-electron chi connectivity index (χ2n) is 5.69. The minimum atomic E-state index is -1.16. The number of urea groups is 1. The van der Waals surface area contributed by atoms with E-state index in [4.69, 9.17) is 10.8 Å². The van der Waals surface area contributed by atoms with E-state index in [0.717, 1.165) is 24.3 Å². The summed E-state index contributed by atoms with van der Waals surface area (Å²) in [7, 11) is 4.03. The third kappa shape index (κ3) is 5.99. The van der Waals surface area contributed by atoms with E-state index in [2.05, 4.69) is 4.90 Å². The molecule has 1 fully saturated rings. The molecule has 0 aromatic heterocycles. The van der Waals surface area contributed by atoms with E-state index in [1.165, 1.54) is 0 Å². The van der Waals surface area contributed by atoms with Gasteiger partial charge in [0.05, 0.1) is 0 Å². The molecule has 0 radical (unpaired) electrons. The SMILES string of the molecule is CN(C)CC1CCN(C(=O)N(CC(N)=O)CC(=O)O)CC1. The average Bonchev–Trinajstić information content (AvgIpc) is 2.36. The number of nitrogens with zero attached hydrogens (tertiary/aromatic N) is 3. The van der Waals surface area contributed by atoms with Gasteiger partial charge in [0.2, 0.25) is 5.91 Å². The van der Waals surface area contributed by atoms with Gasteiger partial charge in [-0.05, 0) is 32.9 Å².